The molecular formula is C19H17ClF3N3O4. The van der Waals surface area contributed by atoms with Crippen molar-refractivity contribution < 1.29 is 27.6 Å². The lowest BCUT2D eigenvalue weighted by Gasteiger charge is -2.36. The first-order chi connectivity index (χ1) is 14.1. The number of carbonyl (C=O) groups is 1. The lowest BCUT2D eigenvalue weighted by molar-refractivity contribution is -0.384. The molecule has 30 heavy (non-hydrogen) atoms. The Morgan fingerprint density at radius 3 is 2.33 bits per heavy atom. The number of nitrogens with zero attached hydrogens (tertiary/aromatic N) is 3. The highest BCUT2D eigenvalue weighted by atomic mass is 35.5. The second-order valence-electron chi connectivity index (χ2n) is 6.59. The number of carbonyl (C=O) groups excluding carboxylic acids is 1. The Labute approximate surface area is 174 Å². The van der Waals surface area contributed by atoms with Crippen LogP contribution in [0.5, 0.6) is 5.75 Å². The number of hydrogen-bond acceptors (Lipinski definition) is 5. The minimum atomic E-state index is -4.67. The van der Waals surface area contributed by atoms with Crippen molar-refractivity contribution >= 4 is 28.9 Å². The van der Waals surface area contributed by atoms with Gasteiger partial charge in [-0.2, -0.15) is 13.2 Å². The molecule has 7 nitrogen and oxygen atoms in total. The normalized spacial score (nSPS) is 14.6. The smallest absolute Gasteiger partial charge is 0.416 e. The van der Waals surface area contributed by atoms with Gasteiger partial charge in [0, 0.05) is 37.8 Å². The zero-order valence-corrected chi connectivity index (χ0v) is 16.5. The molecular weight excluding hydrogens is 427 g/mol. The molecule has 11 heteroatoms. The van der Waals surface area contributed by atoms with Crippen LogP contribution in [-0.2, 0) is 6.18 Å². The van der Waals surface area contributed by atoms with Gasteiger partial charge < -0.3 is 14.5 Å². The number of amides is 1. The van der Waals surface area contributed by atoms with Crippen LogP contribution in [0.25, 0.3) is 0 Å². The first-order valence-electron chi connectivity index (χ1n) is 8.85. The predicted molar refractivity (Wildman–Crippen MR) is 104 cm³/mol. The Balaban J connectivity index is 1.74. The SMILES string of the molecule is COc1ccc(C(=O)N2CCN(c3ccc(C(F)(F)F)cc3[N+](=O)[O-])CC2)cc1Cl. The topological polar surface area (TPSA) is 75.9 Å². The van der Waals surface area contributed by atoms with Gasteiger partial charge in [-0.05, 0) is 30.3 Å². The number of piperazine rings is 1. The molecule has 1 heterocycles. The molecule has 0 spiro atoms. The van der Waals surface area contributed by atoms with Gasteiger partial charge in [0.05, 0.1) is 22.6 Å². The summed E-state index contributed by atoms with van der Waals surface area (Å²) in [5.74, 6) is 0.175. The third-order valence-electron chi connectivity index (χ3n) is 4.81. The molecule has 0 bridgehead atoms. The summed E-state index contributed by atoms with van der Waals surface area (Å²) in [5.41, 5.74) is -1.24. The maximum absolute atomic E-state index is 12.9. The Kier molecular flexibility index (Phi) is 6.06. The summed E-state index contributed by atoms with van der Waals surface area (Å²) in [6.07, 6.45) is -4.67. The van der Waals surface area contributed by atoms with E-state index in [2.05, 4.69) is 0 Å². The molecule has 2 aromatic carbocycles. The van der Waals surface area contributed by atoms with Crippen molar-refractivity contribution in [1.82, 2.24) is 4.90 Å². The average Bonchev–Trinajstić information content (AvgIpc) is 2.72. The number of anilines is 1. The summed E-state index contributed by atoms with van der Waals surface area (Å²) in [6.45, 7) is 0.977. The first-order valence-corrected chi connectivity index (χ1v) is 9.23. The van der Waals surface area contributed by atoms with Gasteiger partial charge in [-0.1, -0.05) is 11.6 Å². The summed E-state index contributed by atoms with van der Waals surface area (Å²) in [5, 5.41) is 11.6. The molecule has 1 aliphatic heterocycles. The Bertz CT molecular complexity index is 976. The van der Waals surface area contributed by atoms with Crippen molar-refractivity contribution in [3.63, 3.8) is 0 Å². The number of benzene rings is 2. The lowest BCUT2D eigenvalue weighted by Crippen LogP contribution is -2.49. The molecule has 0 aromatic heterocycles. The number of methoxy groups -OCH3 is 1. The summed E-state index contributed by atoms with van der Waals surface area (Å²) >= 11 is 6.06. The molecule has 3 rings (SSSR count). The van der Waals surface area contributed by atoms with Gasteiger partial charge >= 0.3 is 6.18 Å². The lowest BCUT2D eigenvalue weighted by atomic mass is 10.1. The van der Waals surface area contributed by atoms with E-state index in [1.165, 1.54) is 13.2 Å². The van der Waals surface area contributed by atoms with E-state index in [1.807, 2.05) is 0 Å². The number of rotatable bonds is 4. The first kappa shape index (κ1) is 21.7. The van der Waals surface area contributed by atoms with Crippen LogP contribution in [0, 0.1) is 10.1 Å². The van der Waals surface area contributed by atoms with E-state index in [-0.39, 0.29) is 37.8 Å². The summed E-state index contributed by atoms with van der Waals surface area (Å²) in [7, 11) is 1.46. The van der Waals surface area contributed by atoms with Gasteiger partial charge in [-0.25, -0.2) is 0 Å². The molecule has 0 aliphatic carbocycles. The van der Waals surface area contributed by atoms with E-state index in [9.17, 15) is 28.1 Å². The van der Waals surface area contributed by atoms with E-state index in [1.54, 1.807) is 21.9 Å². The Morgan fingerprint density at radius 1 is 1.13 bits per heavy atom. The van der Waals surface area contributed by atoms with Gasteiger partial charge in [-0.3, -0.25) is 14.9 Å². The van der Waals surface area contributed by atoms with Gasteiger partial charge in [0.25, 0.3) is 11.6 Å². The highest BCUT2D eigenvalue weighted by Crippen LogP contribution is 2.37. The number of ether oxygens (including phenoxy) is 1. The molecule has 1 amide bonds. The van der Waals surface area contributed by atoms with Crippen molar-refractivity contribution in [3.05, 3.63) is 62.7 Å². The van der Waals surface area contributed by atoms with Gasteiger partial charge in [-0.15, -0.1) is 0 Å². The van der Waals surface area contributed by atoms with Gasteiger partial charge in [0.2, 0.25) is 0 Å². The second-order valence-corrected chi connectivity index (χ2v) is 6.99. The molecule has 0 N–H and O–H groups in total. The van der Waals surface area contributed by atoms with Crippen molar-refractivity contribution in [2.24, 2.45) is 0 Å². The van der Waals surface area contributed by atoms with E-state index in [0.29, 0.717) is 22.4 Å². The minimum Gasteiger partial charge on any atom is -0.495 e. The van der Waals surface area contributed by atoms with E-state index in [0.717, 1.165) is 12.1 Å². The third-order valence-corrected chi connectivity index (χ3v) is 5.10. The quantitative estimate of drug-likeness (QED) is 0.522. The van der Waals surface area contributed by atoms with E-state index in [4.69, 9.17) is 16.3 Å². The standard InChI is InChI=1S/C19H17ClF3N3O4/c1-30-17-5-2-12(10-14(17)20)18(27)25-8-6-24(7-9-25)15-4-3-13(19(21,22)23)11-16(15)26(28)29/h2-5,10-11H,6-9H2,1H3. The fourth-order valence-corrected chi connectivity index (χ4v) is 3.50. The molecule has 1 aliphatic rings. The highest BCUT2D eigenvalue weighted by molar-refractivity contribution is 6.32. The van der Waals surface area contributed by atoms with Crippen LogP contribution >= 0.6 is 11.6 Å². The number of halogens is 4. The van der Waals surface area contributed by atoms with Gasteiger partial charge in [0.15, 0.2) is 0 Å². The van der Waals surface area contributed by atoms with Crippen LogP contribution in [0.4, 0.5) is 24.5 Å². The van der Waals surface area contributed by atoms with E-state index >= 15 is 0 Å². The number of nitro groups is 1. The summed E-state index contributed by atoms with van der Waals surface area (Å²) < 4.78 is 43.7. The van der Waals surface area contributed by atoms with Crippen LogP contribution in [-0.4, -0.2) is 49.0 Å². The van der Waals surface area contributed by atoms with Crippen LogP contribution in [0.15, 0.2) is 36.4 Å². The van der Waals surface area contributed by atoms with Crippen LogP contribution in [0.2, 0.25) is 5.02 Å². The fourth-order valence-electron chi connectivity index (χ4n) is 3.25. The second kappa shape index (κ2) is 8.39. The maximum Gasteiger partial charge on any atom is 0.416 e. The number of alkyl halides is 3. The molecule has 2 aromatic rings. The van der Waals surface area contributed by atoms with Crippen molar-refractivity contribution in [1.29, 1.82) is 0 Å². The monoisotopic (exact) mass is 443 g/mol. The van der Waals surface area contributed by atoms with E-state index < -0.39 is 22.4 Å². The number of nitro benzene ring substituents is 1. The Hall–Kier alpha value is -3.01. The predicted octanol–water partition coefficient (Wildman–Crippen LogP) is 4.24. The van der Waals surface area contributed by atoms with Crippen molar-refractivity contribution in [3.8, 4) is 5.75 Å². The molecule has 0 atom stereocenters. The molecule has 1 saturated heterocycles. The van der Waals surface area contributed by atoms with Crippen molar-refractivity contribution in [2.45, 2.75) is 6.18 Å². The zero-order chi connectivity index (χ0) is 22.1. The molecule has 0 radical (unpaired) electrons. The third kappa shape index (κ3) is 4.43. The molecule has 0 unspecified atom stereocenters. The minimum absolute atomic E-state index is 0.0904. The molecule has 1 fully saturated rings. The van der Waals surface area contributed by atoms with Crippen molar-refractivity contribution in [2.75, 3.05) is 38.2 Å². The summed E-state index contributed by atoms with van der Waals surface area (Å²) in [6, 6.07) is 7.11. The van der Waals surface area contributed by atoms with Crippen LogP contribution < -0.4 is 9.64 Å². The Morgan fingerprint density at radius 2 is 1.80 bits per heavy atom. The van der Waals surface area contributed by atoms with Crippen LogP contribution in [0.3, 0.4) is 0 Å². The largest absolute Gasteiger partial charge is 0.495 e. The number of hydrogen-bond donors (Lipinski definition) is 0. The highest BCUT2D eigenvalue weighted by Gasteiger charge is 2.34. The maximum atomic E-state index is 12.9. The van der Waals surface area contributed by atoms with Gasteiger partial charge in [0.1, 0.15) is 11.4 Å². The molecule has 160 valence electrons. The van der Waals surface area contributed by atoms with Crippen LogP contribution in [0.1, 0.15) is 15.9 Å². The average molecular weight is 444 g/mol. The summed E-state index contributed by atoms with van der Waals surface area (Å²) in [4.78, 5) is 26.3. The fraction of sp³-hybridized carbons (Fsp3) is 0.316. The zero-order valence-electron chi connectivity index (χ0n) is 15.8. The molecule has 0 saturated carbocycles.